The van der Waals surface area contributed by atoms with Crippen molar-refractivity contribution in [2.75, 3.05) is 0 Å². The Morgan fingerprint density at radius 1 is 1.06 bits per heavy atom. The summed E-state index contributed by atoms with van der Waals surface area (Å²) < 4.78 is 0. The Morgan fingerprint density at radius 3 is 2.69 bits per heavy atom. The molecule has 3 rings (SSSR count). The Hall–Kier alpha value is -2.09. The van der Waals surface area contributed by atoms with E-state index in [0.29, 0.717) is 18.3 Å². The lowest BCUT2D eigenvalue weighted by Crippen LogP contribution is -1.87. The topological polar surface area (TPSA) is 37.3 Å². The summed E-state index contributed by atoms with van der Waals surface area (Å²) in [5.41, 5.74) is 4.64. The Bertz CT molecular complexity index is 585. The number of carbonyl (C=O) groups excluding carboxylic acids is 1. The highest BCUT2D eigenvalue weighted by atomic mass is 16.3. The molecule has 1 aliphatic carbocycles. The zero-order valence-electron chi connectivity index (χ0n) is 8.60. The maximum Gasteiger partial charge on any atom is 0.153 e. The number of hydrogen-bond acceptors (Lipinski definition) is 2. The number of phenolic OH excluding ortho intramolecular Hbond substituents is 1. The summed E-state index contributed by atoms with van der Waals surface area (Å²) in [5.74, 6) is 0.128. The average Bonchev–Trinajstić information content (AvgIpc) is 2.69. The highest BCUT2D eigenvalue weighted by molar-refractivity contribution is 5.87. The third-order valence-electron chi connectivity index (χ3n) is 3.12. The quantitative estimate of drug-likeness (QED) is 0.627. The molecule has 0 aliphatic heterocycles. The first-order valence-electron chi connectivity index (χ1n) is 5.19. The minimum atomic E-state index is 0.128. The van der Waals surface area contributed by atoms with E-state index in [2.05, 4.69) is 6.07 Å². The molecule has 0 bridgehead atoms. The smallest absolute Gasteiger partial charge is 0.153 e. The van der Waals surface area contributed by atoms with E-state index in [1.807, 2.05) is 24.3 Å². The van der Waals surface area contributed by atoms with Gasteiger partial charge >= 0.3 is 0 Å². The molecule has 1 N–H and O–H groups in total. The van der Waals surface area contributed by atoms with Gasteiger partial charge < -0.3 is 5.11 Å². The predicted molar refractivity (Wildman–Crippen MR) is 61.7 cm³/mol. The number of aldehydes is 1. The monoisotopic (exact) mass is 210 g/mol. The first-order chi connectivity index (χ1) is 7.81. The molecule has 0 heterocycles. The van der Waals surface area contributed by atoms with Crippen LogP contribution in [-0.4, -0.2) is 11.4 Å². The standard InChI is InChI=1S/C14H10O2/c15-8-10-5-6-12-11-4-2-1-3-9(11)7-13(12)14(10)16/h1-6,8,16H,7H2. The molecule has 0 saturated heterocycles. The second-order valence-corrected chi connectivity index (χ2v) is 3.98. The summed E-state index contributed by atoms with van der Waals surface area (Å²) in [6.07, 6.45) is 1.40. The molecule has 2 heteroatoms. The van der Waals surface area contributed by atoms with E-state index in [-0.39, 0.29) is 5.75 Å². The first-order valence-corrected chi connectivity index (χ1v) is 5.19. The van der Waals surface area contributed by atoms with Crippen LogP contribution in [0.15, 0.2) is 36.4 Å². The van der Waals surface area contributed by atoms with Gasteiger partial charge in [0.1, 0.15) is 5.75 Å². The van der Waals surface area contributed by atoms with Crippen LogP contribution in [0.25, 0.3) is 11.1 Å². The van der Waals surface area contributed by atoms with Crippen LogP contribution < -0.4 is 0 Å². The maximum absolute atomic E-state index is 10.7. The van der Waals surface area contributed by atoms with Crippen molar-refractivity contribution < 1.29 is 9.90 Å². The third kappa shape index (κ3) is 1.10. The SMILES string of the molecule is O=Cc1ccc2c(c1O)Cc1ccccc1-2. The van der Waals surface area contributed by atoms with Gasteiger partial charge in [0.05, 0.1) is 5.56 Å². The van der Waals surface area contributed by atoms with E-state index in [1.54, 1.807) is 6.07 Å². The fraction of sp³-hybridized carbons (Fsp3) is 0.0714. The number of fused-ring (bicyclic) bond motifs is 3. The Kier molecular flexibility index (Phi) is 1.83. The summed E-state index contributed by atoms with van der Waals surface area (Å²) in [6, 6.07) is 11.6. The fourth-order valence-electron chi connectivity index (χ4n) is 2.31. The van der Waals surface area contributed by atoms with E-state index in [0.717, 1.165) is 16.7 Å². The first kappa shape index (κ1) is 9.16. The molecular weight excluding hydrogens is 200 g/mol. The fourth-order valence-corrected chi connectivity index (χ4v) is 2.31. The van der Waals surface area contributed by atoms with E-state index in [9.17, 15) is 9.90 Å². The molecule has 78 valence electrons. The summed E-state index contributed by atoms with van der Waals surface area (Å²) in [6.45, 7) is 0. The lowest BCUT2D eigenvalue weighted by Gasteiger charge is -2.04. The zero-order chi connectivity index (χ0) is 11.1. The van der Waals surface area contributed by atoms with Crippen LogP contribution in [0.1, 0.15) is 21.5 Å². The summed E-state index contributed by atoms with van der Waals surface area (Å²) in [7, 11) is 0. The van der Waals surface area contributed by atoms with Crippen molar-refractivity contribution >= 4 is 6.29 Å². The molecule has 0 amide bonds. The number of carbonyl (C=O) groups is 1. The molecule has 2 nitrogen and oxygen atoms in total. The number of rotatable bonds is 1. The van der Waals surface area contributed by atoms with Gasteiger partial charge in [-0.2, -0.15) is 0 Å². The molecule has 0 radical (unpaired) electrons. The number of phenols is 1. The van der Waals surface area contributed by atoms with Gasteiger partial charge in [0.15, 0.2) is 6.29 Å². The number of hydrogen-bond donors (Lipinski definition) is 1. The number of aromatic hydroxyl groups is 1. The van der Waals surface area contributed by atoms with Crippen molar-refractivity contribution in [3.8, 4) is 16.9 Å². The largest absolute Gasteiger partial charge is 0.507 e. The molecule has 1 aliphatic rings. The van der Waals surface area contributed by atoms with Crippen molar-refractivity contribution in [1.29, 1.82) is 0 Å². The van der Waals surface area contributed by atoms with Crippen molar-refractivity contribution in [1.82, 2.24) is 0 Å². The summed E-state index contributed by atoms with van der Waals surface area (Å²) >= 11 is 0. The molecule has 0 aromatic heterocycles. The van der Waals surface area contributed by atoms with E-state index in [1.165, 1.54) is 5.56 Å². The van der Waals surface area contributed by atoms with Gasteiger partial charge in [0.25, 0.3) is 0 Å². The Labute approximate surface area is 93.2 Å². The molecule has 0 unspecified atom stereocenters. The minimum Gasteiger partial charge on any atom is -0.507 e. The Balaban J connectivity index is 2.28. The molecular formula is C14H10O2. The average molecular weight is 210 g/mol. The van der Waals surface area contributed by atoms with E-state index in [4.69, 9.17) is 0 Å². The highest BCUT2D eigenvalue weighted by Gasteiger charge is 2.22. The van der Waals surface area contributed by atoms with Gasteiger partial charge in [-0.05, 0) is 22.8 Å². The van der Waals surface area contributed by atoms with Gasteiger partial charge in [-0.3, -0.25) is 4.79 Å². The van der Waals surface area contributed by atoms with Crippen LogP contribution >= 0.6 is 0 Å². The normalized spacial score (nSPS) is 12.0. The van der Waals surface area contributed by atoms with Crippen LogP contribution in [-0.2, 0) is 6.42 Å². The van der Waals surface area contributed by atoms with Crippen molar-refractivity contribution in [3.63, 3.8) is 0 Å². The van der Waals surface area contributed by atoms with Gasteiger partial charge in [-0.25, -0.2) is 0 Å². The van der Waals surface area contributed by atoms with E-state index < -0.39 is 0 Å². The van der Waals surface area contributed by atoms with Gasteiger partial charge in [0.2, 0.25) is 0 Å². The summed E-state index contributed by atoms with van der Waals surface area (Å²) in [4.78, 5) is 10.7. The summed E-state index contributed by atoms with van der Waals surface area (Å²) in [5, 5.41) is 9.95. The van der Waals surface area contributed by atoms with E-state index >= 15 is 0 Å². The molecule has 0 spiro atoms. The lowest BCUT2D eigenvalue weighted by atomic mass is 10.0. The van der Waals surface area contributed by atoms with Gasteiger partial charge in [0, 0.05) is 12.0 Å². The predicted octanol–water partition coefficient (Wildman–Crippen LogP) is 2.78. The molecule has 16 heavy (non-hydrogen) atoms. The second-order valence-electron chi connectivity index (χ2n) is 3.98. The van der Waals surface area contributed by atoms with Crippen LogP contribution in [0.2, 0.25) is 0 Å². The molecule has 2 aromatic rings. The maximum atomic E-state index is 10.7. The molecule has 0 saturated carbocycles. The zero-order valence-corrected chi connectivity index (χ0v) is 8.60. The van der Waals surface area contributed by atoms with Gasteiger partial charge in [-0.1, -0.05) is 30.3 Å². The molecule has 0 fully saturated rings. The van der Waals surface area contributed by atoms with Crippen molar-refractivity contribution in [3.05, 3.63) is 53.1 Å². The van der Waals surface area contributed by atoms with Crippen LogP contribution in [0.4, 0.5) is 0 Å². The van der Waals surface area contributed by atoms with Crippen LogP contribution in [0.3, 0.4) is 0 Å². The third-order valence-corrected chi connectivity index (χ3v) is 3.12. The van der Waals surface area contributed by atoms with Crippen LogP contribution in [0, 0.1) is 0 Å². The van der Waals surface area contributed by atoms with Gasteiger partial charge in [-0.15, -0.1) is 0 Å². The minimum absolute atomic E-state index is 0.128. The highest BCUT2D eigenvalue weighted by Crippen LogP contribution is 2.41. The molecule has 2 aromatic carbocycles. The van der Waals surface area contributed by atoms with Crippen molar-refractivity contribution in [2.24, 2.45) is 0 Å². The second kappa shape index (κ2) is 3.20. The molecule has 0 atom stereocenters. The van der Waals surface area contributed by atoms with Crippen molar-refractivity contribution in [2.45, 2.75) is 6.42 Å². The lowest BCUT2D eigenvalue weighted by molar-refractivity contribution is 0.112. The number of benzene rings is 2. The Morgan fingerprint density at radius 2 is 1.88 bits per heavy atom. The van der Waals surface area contributed by atoms with Crippen LogP contribution in [0.5, 0.6) is 5.75 Å².